The van der Waals surface area contributed by atoms with Crippen LogP contribution in [-0.2, 0) is 6.54 Å². The van der Waals surface area contributed by atoms with Gasteiger partial charge in [0.15, 0.2) is 0 Å². The highest BCUT2D eigenvalue weighted by Gasteiger charge is 2.31. The van der Waals surface area contributed by atoms with E-state index in [0.717, 1.165) is 35.9 Å². The summed E-state index contributed by atoms with van der Waals surface area (Å²) in [7, 11) is 0. The van der Waals surface area contributed by atoms with Gasteiger partial charge in [0.2, 0.25) is 0 Å². The summed E-state index contributed by atoms with van der Waals surface area (Å²) in [5, 5.41) is 3.69. The zero-order valence-electron chi connectivity index (χ0n) is 11.5. The Bertz CT molecular complexity index is 384. The Balaban J connectivity index is 1.49. The van der Waals surface area contributed by atoms with Gasteiger partial charge in [0.1, 0.15) is 11.5 Å². The molecule has 3 rings (SSSR count). The number of hydrogen-bond acceptors (Lipinski definition) is 2. The predicted molar refractivity (Wildman–Crippen MR) is 73.4 cm³/mol. The minimum absolute atomic E-state index is 0.717. The van der Waals surface area contributed by atoms with Crippen LogP contribution in [0.1, 0.15) is 56.5 Å². The van der Waals surface area contributed by atoms with E-state index in [2.05, 4.69) is 17.4 Å². The van der Waals surface area contributed by atoms with Gasteiger partial charge in [0.25, 0.3) is 0 Å². The number of nitrogens with one attached hydrogen (secondary N) is 1. The van der Waals surface area contributed by atoms with Crippen molar-refractivity contribution in [1.82, 2.24) is 5.32 Å². The largest absolute Gasteiger partial charge is 0.465 e. The highest BCUT2D eigenvalue weighted by Crippen LogP contribution is 2.40. The van der Waals surface area contributed by atoms with Gasteiger partial charge in [-0.1, -0.05) is 25.7 Å². The third-order valence-corrected chi connectivity index (χ3v) is 4.90. The summed E-state index contributed by atoms with van der Waals surface area (Å²) in [6.45, 7) is 2.91. The molecule has 2 nitrogen and oxygen atoms in total. The molecule has 0 aromatic carbocycles. The van der Waals surface area contributed by atoms with E-state index in [4.69, 9.17) is 4.42 Å². The average molecular weight is 247 g/mol. The average Bonchev–Trinajstić information content (AvgIpc) is 2.82. The van der Waals surface area contributed by atoms with Crippen molar-refractivity contribution < 1.29 is 4.42 Å². The molecular formula is C16H25NO. The second-order valence-electron chi connectivity index (χ2n) is 6.21. The van der Waals surface area contributed by atoms with Gasteiger partial charge in [-0.3, -0.25) is 0 Å². The zero-order valence-corrected chi connectivity index (χ0v) is 11.5. The molecule has 0 spiro atoms. The molecule has 100 valence electrons. The Hall–Kier alpha value is -0.760. The van der Waals surface area contributed by atoms with E-state index in [1.54, 1.807) is 0 Å². The number of fused-ring (bicyclic) bond motifs is 1. The fraction of sp³-hybridized carbons (Fsp3) is 0.750. The molecule has 1 aromatic heterocycles. The van der Waals surface area contributed by atoms with Crippen LogP contribution in [0.25, 0.3) is 0 Å². The van der Waals surface area contributed by atoms with Crippen molar-refractivity contribution in [3.63, 3.8) is 0 Å². The molecule has 0 bridgehead atoms. The summed E-state index contributed by atoms with van der Waals surface area (Å²) < 4.78 is 5.62. The first-order valence-electron chi connectivity index (χ1n) is 7.60. The quantitative estimate of drug-likeness (QED) is 0.872. The maximum atomic E-state index is 5.62. The zero-order chi connectivity index (χ0) is 12.4. The van der Waals surface area contributed by atoms with Gasteiger partial charge in [-0.05, 0) is 50.2 Å². The van der Waals surface area contributed by atoms with Gasteiger partial charge >= 0.3 is 0 Å². The minimum Gasteiger partial charge on any atom is -0.465 e. The van der Waals surface area contributed by atoms with Crippen molar-refractivity contribution in [2.45, 2.75) is 64.5 Å². The molecule has 2 aliphatic carbocycles. The van der Waals surface area contributed by atoms with Crippen LogP contribution in [0.5, 0.6) is 0 Å². The molecular weight excluding hydrogens is 222 g/mol. The lowest BCUT2D eigenvalue weighted by atomic mass is 9.69. The van der Waals surface area contributed by atoms with E-state index in [9.17, 15) is 0 Å². The minimum atomic E-state index is 0.717. The van der Waals surface area contributed by atoms with Crippen molar-refractivity contribution in [2.24, 2.45) is 11.8 Å². The molecule has 2 fully saturated rings. The SMILES string of the molecule is Cc1ccc(CNC2CCC3CCCCC3C2)o1. The van der Waals surface area contributed by atoms with Gasteiger partial charge < -0.3 is 9.73 Å². The van der Waals surface area contributed by atoms with Crippen LogP contribution in [-0.4, -0.2) is 6.04 Å². The third kappa shape index (κ3) is 2.80. The lowest BCUT2D eigenvalue weighted by Crippen LogP contribution is -2.38. The van der Waals surface area contributed by atoms with E-state index in [-0.39, 0.29) is 0 Å². The Morgan fingerprint density at radius 2 is 1.94 bits per heavy atom. The number of furan rings is 1. The molecule has 0 saturated heterocycles. The molecule has 2 saturated carbocycles. The number of aryl methyl sites for hydroxylation is 1. The maximum Gasteiger partial charge on any atom is 0.117 e. The fourth-order valence-electron chi connectivity index (χ4n) is 3.88. The molecule has 3 atom stereocenters. The molecule has 2 aliphatic rings. The van der Waals surface area contributed by atoms with Crippen LogP contribution < -0.4 is 5.32 Å². The first-order valence-corrected chi connectivity index (χ1v) is 7.60. The van der Waals surface area contributed by atoms with E-state index in [1.165, 1.54) is 44.9 Å². The van der Waals surface area contributed by atoms with Crippen LogP contribution in [0.4, 0.5) is 0 Å². The molecule has 1 aromatic rings. The van der Waals surface area contributed by atoms with Crippen molar-refractivity contribution >= 4 is 0 Å². The fourth-order valence-corrected chi connectivity index (χ4v) is 3.88. The monoisotopic (exact) mass is 247 g/mol. The Morgan fingerprint density at radius 1 is 1.11 bits per heavy atom. The molecule has 0 radical (unpaired) electrons. The smallest absolute Gasteiger partial charge is 0.117 e. The van der Waals surface area contributed by atoms with Gasteiger partial charge in [0, 0.05) is 6.04 Å². The third-order valence-electron chi connectivity index (χ3n) is 4.90. The molecule has 3 unspecified atom stereocenters. The lowest BCUT2D eigenvalue weighted by molar-refractivity contribution is 0.142. The molecule has 1 heterocycles. The molecule has 0 amide bonds. The topological polar surface area (TPSA) is 25.2 Å². The molecule has 18 heavy (non-hydrogen) atoms. The predicted octanol–water partition coefficient (Wildman–Crippen LogP) is 4.04. The van der Waals surface area contributed by atoms with Crippen LogP contribution in [0.15, 0.2) is 16.5 Å². The van der Waals surface area contributed by atoms with Crippen molar-refractivity contribution in [1.29, 1.82) is 0 Å². The van der Waals surface area contributed by atoms with Crippen LogP contribution in [0.2, 0.25) is 0 Å². The summed E-state index contributed by atoms with van der Waals surface area (Å²) >= 11 is 0. The Labute approximate surface area is 110 Å². The highest BCUT2D eigenvalue weighted by atomic mass is 16.3. The summed E-state index contributed by atoms with van der Waals surface area (Å²) in [5.41, 5.74) is 0. The van der Waals surface area contributed by atoms with E-state index in [0.29, 0.717) is 0 Å². The lowest BCUT2D eigenvalue weighted by Gasteiger charge is -2.39. The maximum absolute atomic E-state index is 5.62. The summed E-state index contributed by atoms with van der Waals surface area (Å²) in [6.07, 6.45) is 10.1. The summed E-state index contributed by atoms with van der Waals surface area (Å²) in [4.78, 5) is 0. The first kappa shape index (κ1) is 12.3. The second kappa shape index (κ2) is 5.48. The Kier molecular flexibility index (Phi) is 3.74. The molecule has 2 heteroatoms. The van der Waals surface area contributed by atoms with Crippen LogP contribution in [0.3, 0.4) is 0 Å². The Morgan fingerprint density at radius 3 is 2.72 bits per heavy atom. The van der Waals surface area contributed by atoms with E-state index >= 15 is 0 Å². The van der Waals surface area contributed by atoms with Gasteiger partial charge in [0.05, 0.1) is 6.54 Å². The normalized spacial score (nSPS) is 32.2. The van der Waals surface area contributed by atoms with Gasteiger partial charge in [-0.15, -0.1) is 0 Å². The number of rotatable bonds is 3. The van der Waals surface area contributed by atoms with E-state index < -0.39 is 0 Å². The molecule has 0 aliphatic heterocycles. The van der Waals surface area contributed by atoms with Crippen LogP contribution in [0, 0.1) is 18.8 Å². The first-order chi connectivity index (χ1) is 8.81. The second-order valence-corrected chi connectivity index (χ2v) is 6.21. The van der Waals surface area contributed by atoms with Gasteiger partial charge in [-0.2, -0.15) is 0 Å². The standard InChI is InChI=1S/C16H25NO/c1-12-6-9-16(18-12)11-17-15-8-7-13-4-2-3-5-14(13)10-15/h6,9,13-15,17H,2-5,7-8,10-11H2,1H3. The van der Waals surface area contributed by atoms with Gasteiger partial charge in [-0.25, -0.2) is 0 Å². The van der Waals surface area contributed by atoms with Crippen molar-refractivity contribution in [3.05, 3.63) is 23.7 Å². The molecule has 1 N–H and O–H groups in total. The van der Waals surface area contributed by atoms with Crippen LogP contribution >= 0.6 is 0 Å². The van der Waals surface area contributed by atoms with E-state index in [1.807, 2.05) is 6.92 Å². The van der Waals surface area contributed by atoms with Crippen molar-refractivity contribution in [3.8, 4) is 0 Å². The summed E-state index contributed by atoms with van der Waals surface area (Å²) in [6, 6.07) is 4.86. The highest BCUT2D eigenvalue weighted by molar-refractivity contribution is 5.05. The number of hydrogen-bond donors (Lipinski definition) is 1. The summed E-state index contributed by atoms with van der Waals surface area (Å²) in [5.74, 6) is 4.15. The van der Waals surface area contributed by atoms with Crippen molar-refractivity contribution in [2.75, 3.05) is 0 Å².